The highest BCUT2D eigenvalue weighted by atomic mass is 79.9. The normalized spacial score (nSPS) is 10.7. The Labute approximate surface area is 200 Å². The molecule has 8 heteroatoms. The summed E-state index contributed by atoms with van der Waals surface area (Å²) in [5, 5.41) is 7.20. The highest BCUT2D eigenvalue weighted by Crippen LogP contribution is 2.34. The first-order chi connectivity index (χ1) is 15.5. The number of nitrogens with one attached hydrogen (secondary N) is 2. The van der Waals surface area contributed by atoms with Crippen molar-refractivity contribution in [1.29, 1.82) is 0 Å². The second-order valence-corrected chi connectivity index (χ2v) is 8.50. The summed E-state index contributed by atoms with van der Waals surface area (Å²) in [6, 6.07) is 22.0. The van der Waals surface area contributed by atoms with Crippen LogP contribution in [0.5, 0.6) is 11.5 Å². The number of nitrogens with zero attached hydrogens (tertiary/aromatic N) is 2. The van der Waals surface area contributed by atoms with Gasteiger partial charge in [-0.15, -0.1) is 0 Å². The highest BCUT2D eigenvalue weighted by molar-refractivity contribution is 9.10. The molecule has 1 aromatic heterocycles. The lowest BCUT2D eigenvalue weighted by molar-refractivity contribution is 0.284. The maximum absolute atomic E-state index is 6.02. The van der Waals surface area contributed by atoms with Crippen molar-refractivity contribution in [3.63, 3.8) is 0 Å². The molecule has 0 bridgehead atoms. The molecule has 3 aromatic carbocycles. The Morgan fingerprint density at radius 3 is 2.53 bits per heavy atom. The first-order valence-corrected chi connectivity index (χ1v) is 11.3. The number of hydrogen-bond acceptors (Lipinski definition) is 5. The van der Waals surface area contributed by atoms with E-state index < -0.39 is 0 Å². The van der Waals surface area contributed by atoms with E-state index in [9.17, 15) is 0 Å². The average molecular weight is 511 g/mol. The predicted octanol–water partition coefficient (Wildman–Crippen LogP) is 6.01. The van der Waals surface area contributed by atoms with Crippen LogP contribution in [0.3, 0.4) is 0 Å². The van der Waals surface area contributed by atoms with Crippen molar-refractivity contribution in [2.24, 2.45) is 0 Å². The maximum Gasteiger partial charge on any atom is 0.214 e. The minimum absolute atomic E-state index is 0.464. The lowest BCUT2D eigenvalue weighted by atomic mass is 10.1. The molecule has 0 saturated carbocycles. The number of aromatic nitrogens is 3. The van der Waals surface area contributed by atoms with Gasteiger partial charge in [0.2, 0.25) is 4.77 Å². The number of aromatic amines is 1. The summed E-state index contributed by atoms with van der Waals surface area (Å²) < 4.78 is 14.8. The number of hydrogen-bond donors (Lipinski definition) is 2. The third-order valence-electron chi connectivity index (χ3n) is 4.98. The smallest absolute Gasteiger partial charge is 0.214 e. The van der Waals surface area contributed by atoms with Gasteiger partial charge in [0.25, 0.3) is 0 Å². The number of ether oxygens (including phenoxy) is 2. The standard InChI is InChI=1S/C24H23BrN4O2S/c1-16-8-10-17(11-9-16)15-31-22-13-20(25)19(12-21(22)30-2)14-26-29-23(27-28-24(29)32)18-6-4-3-5-7-18/h3-13,26H,14-15H2,1-2H3,(H,28,32). The van der Waals surface area contributed by atoms with E-state index in [0.29, 0.717) is 29.4 Å². The van der Waals surface area contributed by atoms with E-state index >= 15 is 0 Å². The number of halogens is 1. The van der Waals surface area contributed by atoms with Crippen LogP contribution < -0.4 is 14.9 Å². The lowest BCUT2D eigenvalue weighted by Crippen LogP contribution is -2.16. The molecule has 0 spiro atoms. The molecule has 0 atom stereocenters. The summed E-state index contributed by atoms with van der Waals surface area (Å²) in [6.45, 7) is 3.03. The zero-order valence-electron chi connectivity index (χ0n) is 17.8. The quantitative estimate of drug-likeness (QED) is 0.284. The van der Waals surface area contributed by atoms with Gasteiger partial charge in [0.15, 0.2) is 17.3 Å². The Kier molecular flexibility index (Phi) is 6.92. The number of aryl methyl sites for hydroxylation is 1. The molecule has 1 heterocycles. The van der Waals surface area contributed by atoms with Crippen LogP contribution in [0.1, 0.15) is 16.7 Å². The van der Waals surface area contributed by atoms with Gasteiger partial charge in [-0.25, -0.2) is 9.77 Å². The van der Waals surface area contributed by atoms with Gasteiger partial charge in [0.05, 0.1) is 13.7 Å². The molecular formula is C24H23BrN4O2S. The second-order valence-electron chi connectivity index (χ2n) is 7.26. The van der Waals surface area contributed by atoms with E-state index in [1.807, 2.05) is 42.5 Å². The van der Waals surface area contributed by atoms with Crippen molar-refractivity contribution >= 4 is 28.1 Å². The van der Waals surface area contributed by atoms with Crippen molar-refractivity contribution in [3.8, 4) is 22.9 Å². The minimum atomic E-state index is 0.464. The summed E-state index contributed by atoms with van der Waals surface area (Å²) in [7, 11) is 1.64. The second kappa shape index (κ2) is 10.0. The molecule has 0 aliphatic carbocycles. The monoisotopic (exact) mass is 510 g/mol. The van der Waals surface area contributed by atoms with Crippen LogP contribution in [0.4, 0.5) is 0 Å². The van der Waals surface area contributed by atoms with Crippen LogP contribution in [0.15, 0.2) is 71.2 Å². The fraction of sp³-hybridized carbons (Fsp3) is 0.167. The van der Waals surface area contributed by atoms with Gasteiger partial charge < -0.3 is 14.9 Å². The van der Waals surface area contributed by atoms with E-state index in [4.69, 9.17) is 21.7 Å². The van der Waals surface area contributed by atoms with Crippen molar-refractivity contribution < 1.29 is 9.47 Å². The van der Waals surface area contributed by atoms with Crippen LogP contribution in [0, 0.1) is 11.7 Å². The van der Waals surface area contributed by atoms with E-state index in [-0.39, 0.29) is 0 Å². The molecule has 0 radical (unpaired) electrons. The third kappa shape index (κ3) is 5.03. The van der Waals surface area contributed by atoms with Crippen LogP contribution in [-0.4, -0.2) is 22.0 Å². The summed E-state index contributed by atoms with van der Waals surface area (Å²) in [6.07, 6.45) is 0. The summed E-state index contributed by atoms with van der Waals surface area (Å²) in [4.78, 5) is 0. The van der Waals surface area contributed by atoms with Crippen molar-refractivity contribution in [3.05, 3.63) is 92.7 Å². The molecule has 0 saturated heterocycles. The molecule has 0 amide bonds. The Morgan fingerprint density at radius 1 is 1.06 bits per heavy atom. The SMILES string of the molecule is COc1cc(CNn2c(-c3ccccc3)n[nH]c2=S)c(Br)cc1OCc1ccc(C)cc1. The van der Waals surface area contributed by atoms with Gasteiger partial charge in [-0.05, 0) is 42.4 Å². The summed E-state index contributed by atoms with van der Waals surface area (Å²) in [5.41, 5.74) is 7.62. The Hall–Kier alpha value is -3.10. The Bertz CT molecular complexity index is 1250. The zero-order chi connectivity index (χ0) is 22.5. The van der Waals surface area contributed by atoms with Crippen LogP contribution in [0.2, 0.25) is 0 Å². The Morgan fingerprint density at radius 2 is 1.81 bits per heavy atom. The molecule has 2 N–H and O–H groups in total. The van der Waals surface area contributed by atoms with Crippen molar-refractivity contribution in [2.45, 2.75) is 20.1 Å². The number of methoxy groups -OCH3 is 1. The van der Waals surface area contributed by atoms with Crippen molar-refractivity contribution in [1.82, 2.24) is 14.9 Å². The van der Waals surface area contributed by atoms with E-state index in [1.165, 1.54) is 5.56 Å². The minimum Gasteiger partial charge on any atom is -0.493 e. The molecule has 0 fully saturated rings. The molecular weight excluding hydrogens is 488 g/mol. The first-order valence-electron chi connectivity index (χ1n) is 10.1. The van der Waals surface area contributed by atoms with Gasteiger partial charge in [-0.3, -0.25) is 0 Å². The molecule has 0 unspecified atom stereocenters. The van der Waals surface area contributed by atoms with Gasteiger partial charge in [0, 0.05) is 10.0 Å². The van der Waals surface area contributed by atoms with Gasteiger partial charge >= 0.3 is 0 Å². The lowest BCUT2D eigenvalue weighted by Gasteiger charge is -2.16. The fourth-order valence-corrected chi connectivity index (χ4v) is 3.88. The van der Waals surface area contributed by atoms with E-state index in [2.05, 4.69) is 62.7 Å². The largest absolute Gasteiger partial charge is 0.493 e. The summed E-state index contributed by atoms with van der Waals surface area (Å²) in [5.74, 6) is 2.06. The fourth-order valence-electron chi connectivity index (χ4n) is 3.22. The zero-order valence-corrected chi connectivity index (χ0v) is 20.2. The molecule has 4 rings (SSSR count). The number of benzene rings is 3. The van der Waals surface area contributed by atoms with E-state index in [1.54, 1.807) is 11.8 Å². The van der Waals surface area contributed by atoms with Crippen LogP contribution in [-0.2, 0) is 13.2 Å². The van der Waals surface area contributed by atoms with Crippen LogP contribution >= 0.6 is 28.1 Å². The molecule has 164 valence electrons. The summed E-state index contributed by atoms with van der Waals surface area (Å²) >= 11 is 9.06. The average Bonchev–Trinajstić information content (AvgIpc) is 3.18. The maximum atomic E-state index is 6.02. The highest BCUT2D eigenvalue weighted by Gasteiger charge is 2.13. The third-order valence-corrected chi connectivity index (χ3v) is 5.99. The molecule has 0 aliphatic heterocycles. The molecule has 0 aliphatic rings. The van der Waals surface area contributed by atoms with Crippen LogP contribution in [0.25, 0.3) is 11.4 Å². The Balaban J connectivity index is 1.51. The predicted molar refractivity (Wildman–Crippen MR) is 132 cm³/mol. The topological polar surface area (TPSA) is 64.1 Å². The molecule has 4 aromatic rings. The number of H-pyrrole nitrogens is 1. The van der Waals surface area contributed by atoms with E-state index in [0.717, 1.165) is 27.0 Å². The molecule has 32 heavy (non-hydrogen) atoms. The van der Waals surface area contributed by atoms with Gasteiger partial charge in [-0.1, -0.05) is 76.1 Å². The molecule has 6 nitrogen and oxygen atoms in total. The first kappa shape index (κ1) is 22.1. The van der Waals surface area contributed by atoms with Crippen molar-refractivity contribution in [2.75, 3.05) is 12.5 Å². The number of rotatable bonds is 8. The van der Waals surface area contributed by atoms with Gasteiger partial charge in [-0.2, -0.15) is 5.10 Å². The van der Waals surface area contributed by atoms with Gasteiger partial charge in [0.1, 0.15) is 6.61 Å².